The lowest BCUT2D eigenvalue weighted by molar-refractivity contribution is -0.124. The van der Waals surface area contributed by atoms with Gasteiger partial charge in [-0.2, -0.15) is 0 Å². The van der Waals surface area contributed by atoms with E-state index >= 15 is 0 Å². The van der Waals surface area contributed by atoms with Gasteiger partial charge in [0.1, 0.15) is 11.9 Å². The molecular formula is C23H31IN4O3. The Kier molecular flexibility index (Phi) is 10.6. The summed E-state index contributed by atoms with van der Waals surface area (Å²) in [4.78, 5) is 16.5. The molecule has 168 valence electrons. The van der Waals surface area contributed by atoms with Gasteiger partial charge in [-0.25, -0.2) is 0 Å². The third-order valence-electron chi connectivity index (χ3n) is 4.98. The topological polar surface area (TPSA) is 84.0 Å². The number of nitrogens with one attached hydrogen (secondary N) is 3. The van der Waals surface area contributed by atoms with Crippen LogP contribution in [0, 0.1) is 0 Å². The van der Waals surface area contributed by atoms with Crippen molar-refractivity contribution < 1.29 is 14.3 Å². The molecule has 1 fully saturated rings. The first-order chi connectivity index (χ1) is 14.7. The lowest BCUT2D eigenvalue weighted by Gasteiger charge is -2.14. The van der Waals surface area contributed by atoms with E-state index in [1.165, 1.54) is 0 Å². The van der Waals surface area contributed by atoms with Crippen LogP contribution >= 0.6 is 24.0 Å². The van der Waals surface area contributed by atoms with E-state index in [2.05, 4.69) is 27.0 Å². The third kappa shape index (κ3) is 7.70. The highest BCUT2D eigenvalue weighted by Crippen LogP contribution is 2.18. The number of carbonyl (C=O) groups is 1. The highest BCUT2D eigenvalue weighted by molar-refractivity contribution is 14.0. The van der Waals surface area contributed by atoms with Crippen LogP contribution in [0.15, 0.2) is 53.5 Å². The SMILES string of the molecule is CN=C(NCCc1ccccc1OC)NCc1cccc(NC(=O)C2CCCO2)c1.I. The molecule has 1 aliphatic heterocycles. The molecule has 1 saturated heterocycles. The summed E-state index contributed by atoms with van der Waals surface area (Å²) in [6, 6.07) is 15.8. The van der Waals surface area contributed by atoms with E-state index in [4.69, 9.17) is 9.47 Å². The zero-order valence-corrected chi connectivity index (χ0v) is 20.3. The zero-order valence-electron chi connectivity index (χ0n) is 18.0. The quantitative estimate of drug-likeness (QED) is 0.273. The van der Waals surface area contributed by atoms with Gasteiger partial charge < -0.3 is 25.4 Å². The first-order valence-electron chi connectivity index (χ1n) is 10.3. The van der Waals surface area contributed by atoms with Gasteiger partial charge in [-0.15, -0.1) is 24.0 Å². The Hall–Kier alpha value is -2.33. The van der Waals surface area contributed by atoms with Crippen molar-refractivity contribution >= 4 is 41.5 Å². The highest BCUT2D eigenvalue weighted by atomic mass is 127. The van der Waals surface area contributed by atoms with Crippen molar-refractivity contribution in [2.24, 2.45) is 4.99 Å². The maximum atomic E-state index is 12.2. The van der Waals surface area contributed by atoms with Crippen molar-refractivity contribution in [2.75, 3.05) is 32.6 Å². The van der Waals surface area contributed by atoms with Crippen LogP contribution in [0.2, 0.25) is 0 Å². The van der Waals surface area contributed by atoms with E-state index in [-0.39, 0.29) is 36.0 Å². The molecule has 0 saturated carbocycles. The van der Waals surface area contributed by atoms with Crippen LogP contribution in [-0.4, -0.2) is 45.3 Å². The summed E-state index contributed by atoms with van der Waals surface area (Å²) in [7, 11) is 3.43. The first-order valence-corrected chi connectivity index (χ1v) is 10.3. The maximum Gasteiger partial charge on any atom is 0.253 e. The van der Waals surface area contributed by atoms with E-state index in [9.17, 15) is 4.79 Å². The number of hydrogen-bond acceptors (Lipinski definition) is 4. The normalized spacial score (nSPS) is 15.7. The molecule has 1 atom stereocenters. The number of aliphatic imine (C=N–C) groups is 1. The van der Waals surface area contributed by atoms with Crippen molar-refractivity contribution in [3.8, 4) is 5.75 Å². The summed E-state index contributed by atoms with van der Waals surface area (Å²) < 4.78 is 10.8. The lowest BCUT2D eigenvalue weighted by atomic mass is 10.1. The van der Waals surface area contributed by atoms with Gasteiger partial charge in [-0.05, 0) is 48.6 Å². The minimum Gasteiger partial charge on any atom is -0.496 e. The number of para-hydroxylation sites is 1. The molecule has 0 bridgehead atoms. The number of methoxy groups -OCH3 is 1. The predicted molar refractivity (Wildman–Crippen MR) is 134 cm³/mol. The number of hydrogen-bond donors (Lipinski definition) is 3. The number of guanidine groups is 1. The van der Waals surface area contributed by atoms with Crippen LogP contribution in [0.25, 0.3) is 0 Å². The van der Waals surface area contributed by atoms with Crippen LogP contribution in [-0.2, 0) is 22.5 Å². The molecule has 0 aromatic heterocycles. The number of ether oxygens (including phenoxy) is 2. The van der Waals surface area contributed by atoms with Crippen molar-refractivity contribution in [3.05, 3.63) is 59.7 Å². The molecule has 1 unspecified atom stereocenters. The van der Waals surface area contributed by atoms with E-state index < -0.39 is 0 Å². The van der Waals surface area contributed by atoms with Gasteiger partial charge in [-0.3, -0.25) is 9.79 Å². The van der Waals surface area contributed by atoms with Gasteiger partial charge >= 0.3 is 0 Å². The average Bonchev–Trinajstić information content (AvgIpc) is 3.32. The smallest absolute Gasteiger partial charge is 0.253 e. The summed E-state index contributed by atoms with van der Waals surface area (Å²) in [5, 5.41) is 9.57. The molecular weight excluding hydrogens is 507 g/mol. The number of benzene rings is 2. The molecule has 1 aliphatic rings. The van der Waals surface area contributed by atoms with E-state index in [1.807, 2.05) is 42.5 Å². The molecule has 0 aliphatic carbocycles. The second kappa shape index (κ2) is 13.2. The Labute approximate surface area is 201 Å². The van der Waals surface area contributed by atoms with Crippen molar-refractivity contribution in [2.45, 2.75) is 31.9 Å². The Bertz CT molecular complexity index is 869. The van der Waals surface area contributed by atoms with Crippen LogP contribution in [0.1, 0.15) is 24.0 Å². The predicted octanol–water partition coefficient (Wildman–Crippen LogP) is 3.34. The summed E-state index contributed by atoms with van der Waals surface area (Å²) in [6.45, 7) is 1.99. The Morgan fingerprint density at radius 2 is 2.03 bits per heavy atom. The second-order valence-electron chi connectivity index (χ2n) is 7.11. The molecule has 31 heavy (non-hydrogen) atoms. The number of amides is 1. The largest absolute Gasteiger partial charge is 0.496 e. The summed E-state index contributed by atoms with van der Waals surface area (Å²) in [5.41, 5.74) is 2.97. The summed E-state index contributed by atoms with van der Waals surface area (Å²) in [6.07, 6.45) is 2.21. The molecule has 1 amide bonds. The molecule has 3 rings (SSSR count). The lowest BCUT2D eigenvalue weighted by Crippen LogP contribution is -2.37. The second-order valence-corrected chi connectivity index (χ2v) is 7.11. The monoisotopic (exact) mass is 538 g/mol. The van der Waals surface area contributed by atoms with Gasteiger partial charge in [0.15, 0.2) is 5.96 Å². The van der Waals surface area contributed by atoms with Crippen LogP contribution in [0.3, 0.4) is 0 Å². The number of carbonyl (C=O) groups excluding carboxylic acids is 1. The van der Waals surface area contributed by atoms with Crippen LogP contribution < -0.4 is 20.7 Å². The molecule has 2 aromatic rings. The molecule has 3 N–H and O–H groups in total. The van der Waals surface area contributed by atoms with Crippen LogP contribution in [0.5, 0.6) is 5.75 Å². The van der Waals surface area contributed by atoms with E-state index in [1.54, 1.807) is 14.2 Å². The van der Waals surface area contributed by atoms with E-state index in [0.717, 1.165) is 54.3 Å². The summed E-state index contributed by atoms with van der Waals surface area (Å²) >= 11 is 0. The molecule has 7 nitrogen and oxygen atoms in total. The Morgan fingerprint density at radius 3 is 2.77 bits per heavy atom. The van der Waals surface area contributed by atoms with Gasteiger partial charge in [0.05, 0.1) is 7.11 Å². The average molecular weight is 538 g/mol. The van der Waals surface area contributed by atoms with Gasteiger partial charge in [-0.1, -0.05) is 30.3 Å². The first kappa shape index (κ1) is 24.9. The van der Waals surface area contributed by atoms with Crippen LogP contribution in [0.4, 0.5) is 5.69 Å². The minimum absolute atomic E-state index is 0. The Balaban J connectivity index is 0.00000341. The third-order valence-corrected chi connectivity index (χ3v) is 4.98. The minimum atomic E-state index is -0.335. The van der Waals surface area contributed by atoms with Crippen molar-refractivity contribution in [1.29, 1.82) is 0 Å². The Morgan fingerprint density at radius 1 is 1.19 bits per heavy atom. The summed E-state index contributed by atoms with van der Waals surface area (Å²) in [5.74, 6) is 1.54. The van der Waals surface area contributed by atoms with Gasteiger partial charge in [0.2, 0.25) is 0 Å². The maximum absolute atomic E-state index is 12.2. The molecule has 8 heteroatoms. The van der Waals surface area contributed by atoms with Gasteiger partial charge in [0.25, 0.3) is 5.91 Å². The molecule has 1 heterocycles. The number of rotatable bonds is 8. The fourth-order valence-electron chi connectivity index (χ4n) is 3.40. The zero-order chi connectivity index (χ0) is 21.2. The van der Waals surface area contributed by atoms with Crippen molar-refractivity contribution in [3.63, 3.8) is 0 Å². The fourth-order valence-corrected chi connectivity index (χ4v) is 3.40. The molecule has 2 aromatic carbocycles. The van der Waals surface area contributed by atoms with Gasteiger partial charge in [0, 0.05) is 32.4 Å². The molecule has 0 spiro atoms. The highest BCUT2D eigenvalue weighted by Gasteiger charge is 2.23. The number of anilines is 1. The number of halogens is 1. The standard InChI is InChI=1S/C23H30N4O3.HI/c1-24-23(25-13-12-18-8-3-4-10-20(18)29-2)26-16-17-7-5-9-19(15-17)27-22(28)21-11-6-14-30-21;/h3-5,7-10,15,21H,6,11-14,16H2,1-2H3,(H,27,28)(H2,24,25,26);1H. The molecule has 0 radical (unpaired) electrons. The van der Waals surface area contributed by atoms with Crippen molar-refractivity contribution in [1.82, 2.24) is 10.6 Å². The number of nitrogens with zero attached hydrogens (tertiary/aromatic N) is 1. The fraction of sp³-hybridized carbons (Fsp3) is 0.391. The van der Waals surface area contributed by atoms with E-state index in [0.29, 0.717) is 13.2 Å².